The van der Waals surface area contributed by atoms with E-state index in [4.69, 9.17) is 0 Å². The molecule has 0 radical (unpaired) electrons. The van der Waals surface area contributed by atoms with Crippen LogP contribution in [0.25, 0.3) is 0 Å². The zero-order valence-corrected chi connectivity index (χ0v) is 11.9. The number of carbonyl (C=O) groups is 1. The molecule has 1 N–H and O–H groups in total. The molecule has 1 aromatic rings. The predicted molar refractivity (Wildman–Crippen MR) is 79.1 cm³/mol. The minimum Gasteiger partial charge on any atom is -0.388 e. The highest BCUT2D eigenvalue weighted by molar-refractivity contribution is 5.96. The highest BCUT2D eigenvalue weighted by Crippen LogP contribution is 2.14. The molecule has 0 aliphatic carbocycles. The maximum Gasteiger partial charge on any atom is 0.160 e. The number of ketones is 1. The van der Waals surface area contributed by atoms with Crippen molar-refractivity contribution < 1.29 is 9.90 Å². The summed E-state index contributed by atoms with van der Waals surface area (Å²) < 4.78 is 0. The van der Waals surface area contributed by atoms with E-state index in [2.05, 4.69) is 6.92 Å². The van der Waals surface area contributed by atoms with Crippen molar-refractivity contribution >= 4 is 5.78 Å². The molecule has 104 valence electrons. The summed E-state index contributed by atoms with van der Waals surface area (Å²) >= 11 is 0. The van der Waals surface area contributed by atoms with E-state index in [1.165, 1.54) is 0 Å². The lowest BCUT2D eigenvalue weighted by molar-refractivity contribution is -0.116. The minimum atomic E-state index is -0.688. The third-order valence-corrected chi connectivity index (χ3v) is 3.20. The van der Waals surface area contributed by atoms with Crippen LogP contribution in [-0.4, -0.2) is 17.0 Å². The highest BCUT2D eigenvalue weighted by Gasteiger charge is 2.17. The van der Waals surface area contributed by atoms with E-state index < -0.39 is 6.10 Å². The van der Waals surface area contributed by atoms with Crippen molar-refractivity contribution in [3.8, 4) is 0 Å². The van der Waals surface area contributed by atoms with E-state index in [0.29, 0.717) is 18.4 Å². The maximum absolute atomic E-state index is 11.9. The molecule has 1 unspecified atom stereocenters. The number of aliphatic hydroxyl groups excluding tert-OH is 1. The summed E-state index contributed by atoms with van der Waals surface area (Å²) in [5, 5.41) is 10.3. The SMILES string of the molecule is CCCC/C=C(\C(=O)CC)C(O)Cc1ccccc1. The fourth-order valence-electron chi connectivity index (χ4n) is 2.05. The van der Waals surface area contributed by atoms with Crippen molar-refractivity contribution in [2.24, 2.45) is 0 Å². The summed E-state index contributed by atoms with van der Waals surface area (Å²) in [6, 6.07) is 9.80. The number of hydrogen-bond acceptors (Lipinski definition) is 2. The molecule has 0 aromatic heterocycles. The molecule has 0 aliphatic heterocycles. The van der Waals surface area contributed by atoms with Crippen LogP contribution < -0.4 is 0 Å². The Bertz CT molecular complexity index is 407. The lowest BCUT2D eigenvalue weighted by Gasteiger charge is -2.14. The van der Waals surface area contributed by atoms with Gasteiger partial charge < -0.3 is 5.11 Å². The zero-order chi connectivity index (χ0) is 14.1. The number of unbranched alkanes of at least 4 members (excludes halogenated alkanes) is 2. The number of rotatable bonds is 8. The van der Waals surface area contributed by atoms with Gasteiger partial charge in [0.1, 0.15) is 0 Å². The molecule has 0 amide bonds. The van der Waals surface area contributed by atoms with Crippen LogP contribution in [0, 0.1) is 0 Å². The molecule has 2 nitrogen and oxygen atoms in total. The summed E-state index contributed by atoms with van der Waals surface area (Å²) in [5.74, 6) is 0.0551. The first-order valence-electron chi connectivity index (χ1n) is 7.14. The van der Waals surface area contributed by atoms with Crippen molar-refractivity contribution in [2.45, 2.75) is 52.1 Å². The quantitative estimate of drug-likeness (QED) is 0.572. The Labute approximate surface area is 116 Å². The molecule has 0 bridgehead atoms. The molecular weight excluding hydrogens is 236 g/mol. The van der Waals surface area contributed by atoms with Crippen molar-refractivity contribution in [1.82, 2.24) is 0 Å². The molecule has 1 atom stereocenters. The molecule has 0 saturated carbocycles. The van der Waals surface area contributed by atoms with Gasteiger partial charge in [0.15, 0.2) is 5.78 Å². The van der Waals surface area contributed by atoms with E-state index in [1.807, 2.05) is 43.3 Å². The van der Waals surface area contributed by atoms with Gasteiger partial charge in [0.05, 0.1) is 6.10 Å². The number of benzene rings is 1. The van der Waals surface area contributed by atoms with Gasteiger partial charge >= 0.3 is 0 Å². The van der Waals surface area contributed by atoms with E-state index in [0.717, 1.165) is 24.8 Å². The van der Waals surface area contributed by atoms with Crippen molar-refractivity contribution in [2.75, 3.05) is 0 Å². The van der Waals surface area contributed by atoms with Gasteiger partial charge in [0.2, 0.25) is 0 Å². The first kappa shape index (κ1) is 15.6. The van der Waals surface area contributed by atoms with Gasteiger partial charge in [-0.2, -0.15) is 0 Å². The maximum atomic E-state index is 11.9. The van der Waals surface area contributed by atoms with Gasteiger partial charge in [-0.25, -0.2) is 0 Å². The first-order valence-corrected chi connectivity index (χ1v) is 7.14. The first-order chi connectivity index (χ1) is 9.19. The molecular formula is C17H24O2. The Kier molecular flexibility index (Phi) is 7.12. The van der Waals surface area contributed by atoms with Crippen molar-refractivity contribution in [3.63, 3.8) is 0 Å². The number of aliphatic hydroxyl groups is 1. The Hall–Kier alpha value is -1.41. The van der Waals surface area contributed by atoms with Gasteiger partial charge in [-0.3, -0.25) is 4.79 Å². The van der Waals surface area contributed by atoms with E-state index in [1.54, 1.807) is 0 Å². The van der Waals surface area contributed by atoms with Gasteiger partial charge in [-0.1, -0.05) is 63.1 Å². The van der Waals surface area contributed by atoms with Gasteiger partial charge in [0.25, 0.3) is 0 Å². The second-order valence-electron chi connectivity index (χ2n) is 4.78. The van der Waals surface area contributed by atoms with Crippen LogP contribution in [0.4, 0.5) is 0 Å². The smallest absolute Gasteiger partial charge is 0.160 e. The third-order valence-electron chi connectivity index (χ3n) is 3.20. The van der Waals surface area contributed by atoms with Crippen molar-refractivity contribution in [1.29, 1.82) is 0 Å². The largest absolute Gasteiger partial charge is 0.388 e. The normalized spacial score (nSPS) is 13.3. The number of carbonyl (C=O) groups excluding carboxylic acids is 1. The van der Waals surface area contributed by atoms with Crippen LogP contribution in [0.3, 0.4) is 0 Å². The summed E-state index contributed by atoms with van der Waals surface area (Å²) in [6.07, 6.45) is 5.20. The van der Waals surface area contributed by atoms with Gasteiger partial charge in [-0.15, -0.1) is 0 Å². The summed E-state index contributed by atoms with van der Waals surface area (Å²) in [4.78, 5) is 11.9. The Morgan fingerprint density at radius 2 is 1.95 bits per heavy atom. The van der Waals surface area contributed by atoms with E-state index in [9.17, 15) is 9.90 Å². The summed E-state index contributed by atoms with van der Waals surface area (Å²) in [7, 11) is 0. The lowest BCUT2D eigenvalue weighted by atomic mass is 9.96. The summed E-state index contributed by atoms with van der Waals surface area (Å²) in [6.45, 7) is 3.96. The average molecular weight is 260 g/mol. The van der Waals surface area contributed by atoms with Gasteiger partial charge in [0, 0.05) is 18.4 Å². The monoisotopic (exact) mass is 260 g/mol. The highest BCUT2D eigenvalue weighted by atomic mass is 16.3. The van der Waals surface area contributed by atoms with Crippen molar-refractivity contribution in [3.05, 3.63) is 47.5 Å². The fourth-order valence-corrected chi connectivity index (χ4v) is 2.05. The third kappa shape index (κ3) is 5.39. The van der Waals surface area contributed by atoms with Crippen LogP contribution in [0.5, 0.6) is 0 Å². The summed E-state index contributed by atoms with van der Waals surface area (Å²) in [5.41, 5.74) is 1.64. The fraction of sp³-hybridized carbons (Fsp3) is 0.471. The lowest BCUT2D eigenvalue weighted by Crippen LogP contribution is -2.20. The molecule has 0 spiro atoms. The van der Waals surface area contributed by atoms with E-state index >= 15 is 0 Å². The number of Topliss-reactive ketones (excluding diaryl/α,β-unsaturated/α-hetero) is 1. The van der Waals surface area contributed by atoms with E-state index in [-0.39, 0.29) is 5.78 Å². The number of allylic oxidation sites excluding steroid dienone is 1. The van der Waals surface area contributed by atoms with Crippen LogP contribution in [0.15, 0.2) is 42.0 Å². The molecule has 0 fully saturated rings. The Morgan fingerprint density at radius 3 is 2.53 bits per heavy atom. The van der Waals surface area contributed by atoms with Crippen LogP contribution >= 0.6 is 0 Å². The zero-order valence-electron chi connectivity index (χ0n) is 11.9. The second kappa shape index (κ2) is 8.65. The Balaban J connectivity index is 2.74. The molecule has 1 rings (SSSR count). The predicted octanol–water partition coefficient (Wildman–Crippen LogP) is 3.69. The van der Waals surface area contributed by atoms with Crippen LogP contribution in [0.1, 0.15) is 45.1 Å². The minimum absolute atomic E-state index is 0.0551. The topological polar surface area (TPSA) is 37.3 Å². The van der Waals surface area contributed by atoms with Crippen LogP contribution in [-0.2, 0) is 11.2 Å². The average Bonchev–Trinajstić information content (AvgIpc) is 2.44. The molecule has 2 heteroatoms. The number of hydrogen-bond donors (Lipinski definition) is 1. The standard InChI is InChI=1S/C17H24O2/c1-3-5-7-12-15(16(18)4-2)17(19)13-14-10-8-6-9-11-14/h6,8-12,17,19H,3-5,7,13H2,1-2H3/b15-12+. The van der Waals surface area contributed by atoms with Gasteiger partial charge in [-0.05, 0) is 12.0 Å². The van der Waals surface area contributed by atoms with Crippen LogP contribution in [0.2, 0.25) is 0 Å². The molecule has 1 aromatic carbocycles. The molecule has 0 saturated heterocycles. The Morgan fingerprint density at radius 1 is 1.26 bits per heavy atom. The molecule has 0 heterocycles. The second-order valence-corrected chi connectivity index (χ2v) is 4.78. The molecule has 19 heavy (non-hydrogen) atoms. The molecule has 0 aliphatic rings.